The first-order chi connectivity index (χ1) is 8.57. The smallest absolute Gasteiger partial charge is 0.407 e. The molecule has 1 saturated carbocycles. The number of amides is 1. The highest BCUT2D eigenvalue weighted by Gasteiger charge is 2.30. The summed E-state index contributed by atoms with van der Waals surface area (Å²) in [4.78, 5) is 11.7. The lowest BCUT2D eigenvalue weighted by molar-refractivity contribution is 0.0483. The Labute approximate surface area is 115 Å². The number of hydrogen-bond donors (Lipinski definition) is 2. The summed E-state index contributed by atoms with van der Waals surface area (Å²) in [5.41, 5.74) is -0.557. The number of hydrogen-bond acceptors (Lipinski definition) is 4. The standard InChI is InChI=1S/C12H24N2O4S/c1-12(2,3)18-11(15)13-9-7-5-6-8-10(9)14-19(4,16)17/h9-10,14H,5-8H2,1-4H3,(H,13,15). The van der Waals surface area contributed by atoms with Crippen LogP contribution in [0.5, 0.6) is 0 Å². The molecule has 6 nitrogen and oxygen atoms in total. The molecule has 0 heterocycles. The molecule has 0 spiro atoms. The van der Waals surface area contributed by atoms with Crippen molar-refractivity contribution >= 4 is 16.1 Å². The molecule has 0 aliphatic heterocycles. The predicted octanol–water partition coefficient (Wildman–Crippen LogP) is 1.37. The number of carbonyl (C=O) groups is 1. The second-order valence-electron chi connectivity index (χ2n) is 6.03. The van der Waals surface area contributed by atoms with Crippen molar-refractivity contribution in [3.63, 3.8) is 0 Å². The van der Waals surface area contributed by atoms with Gasteiger partial charge in [0.1, 0.15) is 5.60 Å². The summed E-state index contributed by atoms with van der Waals surface area (Å²) in [7, 11) is -3.27. The van der Waals surface area contributed by atoms with E-state index in [0.717, 1.165) is 31.9 Å². The van der Waals surface area contributed by atoms with Crippen molar-refractivity contribution < 1.29 is 17.9 Å². The first-order valence-electron chi connectivity index (χ1n) is 6.54. The fraction of sp³-hybridized carbons (Fsp3) is 0.917. The maximum absolute atomic E-state index is 11.7. The Kier molecular flexibility index (Phi) is 5.20. The van der Waals surface area contributed by atoms with E-state index in [0.29, 0.717) is 0 Å². The fourth-order valence-electron chi connectivity index (χ4n) is 2.18. The molecule has 7 heteroatoms. The van der Waals surface area contributed by atoms with Gasteiger partial charge in [-0.2, -0.15) is 0 Å². The number of sulfonamides is 1. The van der Waals surface area contributed by atoms with E-state index in [1.165, 1.54) is 0 Å². The highest BCUT2D eigenvalue weighted by Crippen LogP contribution is 2.19. The molecule has 2 atom stereocenters. The molecule has 0 aromatic carbocycles. The van der Waals surface area contributed by atoms with E-state index in [9.17, 15) is 13.2 Å². The minimum Gasteiger partial charge on any atom is -0.444 e. The summed E-state index contributed by atoms with van der Waals surface area (Å²) in [5, 5.41) is 2.76. The van der Waals surface area contributed by atoms with Gasteiger partial charge >= 0.3 is 6.09 Å². The van der Waals surface area contributed by atoms with E-state index < -0.39 is 21.7 Å². The highest BCUT2D eigenvalue weighted by atomic mass is 32.2. The number of carbonyl (C=O) groups excluding carboxylic acids is 1. The van der Waals surface area contributed by atoms with E-state index in [4.69, 9.17) is 4.74 Å². The lowest BCUT2D eigenvalue weighted by Gasteiger charge is -2.32. The first-order valence-corrected chi connectivity index (χ1v) is 8.43. The molecule has 0 aromatic rings. The Morgan fingerprint density at radius 1 is 1.16 bits per heavy atom. The van der Waals surface area contributed by atoms with Crippen LogP contribution in [-0.2, 0) is 14.8 Å². The molecule has 19 heavy (non-hydrogen) atoms. The van der Waals surface area contributed by atoms with Crippen LogP contribution >= 0.6 is 0 Å². The average molecular weight is 292 g/mol. The van der Waals surface area contributed by atoms with E-state index in [1.807, 2.05) is 0 Å². The summed E-state index contributed by atoms with van der Waals surface area (Å²) < 4.78 is 30.4. The molecule has 0 saturated heterocycles. The number of nitrogens with one attached hydrogen (secondary N) is 2. The topological polar surface area (TPSA) is 84.5 Å². The minimum absolute atomic E-state index is 0.210. The van der Waals surface area contributed by atoms with Crippen molar-refractivity contribution in [2.75, 3.05) is 6.26 Å². The maximum Gasteiger partial charge on any atom is 0.407 e. The summed E-state index contributed by atoms with van der Waals surface area (Å²) in [6, 6.07) is -0.463. The van der Waals surface area contributed by atoms with Crippen molar-refractivity contribution in [1.82, 2.24) is 10.0 Å². The Bertz CT molecular complexity index is 414. The number of ether oxygens (including phenoxy) is 1. The van der Waals surface area contributed by atoms with Crippen LogP contribution in [0.25, 0.3) is 0 Å². The first kappa shape index (κ1) is 16.2. The van der Waals surface area contributed by atoms with Crippen LogP contribution < -0.4 is 10.0 Å². The van der Waals surface area contributed by atoms with Crippen LogP contribution in [0.1, 0.15) is 46.5 Å². The molecule has 0 aromatic heterocycles. The van der Waals surface area contributed by atoms with Gasteiger partial charge in [0.25, 0.3) is 0 Å². The summed E-state index contributed by atoms with van der Waals surface area (Å²) >= 11 is 0. The molecule has 112 valence electrons. The monoisotopic (exact) mass is 292 g/mol. The third-order valence-electron chi connectivity index (χ3n) is 2.83. The van der Waals surface area contributed by atoms with Gasteiger partial charge in [0.2, 0.25) is 10.0 Å². The number of rotatable bonds is 3. The van der Waals surface area contributed by atoms with E-state index in [-0.39, 0.29) is 12.1 Å². The minimum atomic E-state index is -3.27. The fourth-order valence-corrected chi connectivity index (χ4v) is 3.01. The SMILES string of the molecule is CC(C)(C)OC(=O)NC1CCCCC1NS(C)(=O)=O. The second-order valence-corrected chi connectivity index (χ2v) is 7.81. The molecule has 1 rings (SSSR count). The molecule has 2 unspecified atom stereocenters. The van der Waals surface area contributed by atoms with Crippen LogP contribution in [0.4, 0.5) is 4.79 Å². The van der Waals surface area contributed by atoms with Gasteiger partial charge in [-0.05, 0) is 33.6 Å². The third kappa shape index (κ3) is 6.77. The van der Waals surface area contributed by atoms with Crippen LogP contribution in [0.3, 0.4) is 0 Å². The largest absolute Gasteiger partial charge is 0.444 e. The Morgan fingerprint density at radius 3 is 2.16 bits per heavy atom. The normalized spacial score (nSPS) is 24.8. The third-order valence-corrected chi connectivity index (χ3v) is 3.56. The lowest BCUT2D eigenvalue weighted by Crippen LogP contribution is -2.53. The molecule has 1 aliphatic carbocycles. The van der Waals surface area contributed by atoms with Gasteiger partial charge in [-0.3, -0.25) is 0 Å². The van der Waals surface area contributed by atoms with Gasteiger partial charge in [-0.25, -0.2) is 17.9 Å². The molecule has 1 aliphatic rings. The van der Waals surface area contributed by atoms with Crippen molar-refractivity contribution in [3.05, 3.63) is 0 Å². The second kappa shape index (κ2) is 6.09. The quantitative estimate of drug-likeness (QED) is 0.823. The van der Waals surface area contributed by atoms with Crippen molar-refractivity contribution in [3.8, 4) is 0 Å². The Balaban J connectivity index is 2.60. The highest BCUT2D eigenvalue weighted by molar-refractivity contribution is 7.88. The molecule has 2 N–H and O–H groups in total. The van der Waals surface area contributed by atoms with Gasteiger partial charge in [-0.15, -0.1) is 0 Å². The summed E-state index contributed by atoms with van der Waals surface area (Å²) in [5.74, 6) is 0. The molecular formula is C12H24N2O4S. The van der Waals surface area contributed by atoms with E-state index in [2.05, 4.69) is 10.0 Å². The molecule has 0 bridgehead atoms. The average Bonchev–Trinajstić information content (AvgIpc) is 2.15. The van der Waals surface area contributed by atoms with Gasteiger partial charge < -0.3 is 10.1 Å². The summed E-state index contributed by atoms with van der Waals surface area (Å²) in [6.45, 7) is 5.37. The predicted molar refractivity (Wildman–Crippen MR) is 73.4 cm³/mol. The Morgan fingerprint density at radius 2 is 1.68 bits per heavy atom. The number of alkyl carbamates (subject to hydrolysis) is 1. The van der Waals surface area contributed by atoms with Crippen molar-refractivity contribution in [2.24, 2.45) is 0 Å². The molecular weight excluding hydrogens is 268 g/mol. The van der Waals surface area contributed by atoms with Crippen LogP contribution in [0, 0.1) is 0 Å². The van der Waals surface area contributed by atoms with Gasteiger partial charge in [-0.1, -0.05) is 12.8 Å². The van der Waals surface area contributed by atoms with Gasteiger partial charge in [0.15, 0.2) is 0 Å². The van der Waals surface area contributed by atoms with Gasteiger partial charge in [0.05, 0.1) is 6.26 Å². The zero-order chi connectivity index (χ0) is 14.7. The van der Waals surface area contributed by atoms with Crippen LogP contribution in [0.2, 0.25) is 0 Å². The van der Waals surface area contributed by atoms with Crippen LogP contribution in [-0.4, -0.2) is 38.5 Å². The molecule has 0 radical (unpaired) electrons. The molecule has 1 fully saturated rings. The summed E-state index contributed by atoms with van der Waals surface area (Å²) in [6.07, 6.45) is 4.05. The maximum atomic E-state index is 11.7. The van der Waals surface area contributed by atoms with E-state index >= 15 is 0 Å². The van der Waals surface area contributed by atoms with E-state index in [1.54, 1.807) is 20.8 Å². The zero-order valence-corrected chi connectivity index (χ0v) is 12.8. The Hall–Kier alpha value is -0.820. The van der Waals surface area contributed by atoms with Crippen molar-refractivity contribution in [2.45, 2.75) is 64.1 Å². The molecule has 1 amide bonds. The van der Waals surface area contributed by atoms with Crippen molar-refractivity contribution in [1.29, 1.82) is 0 Å². The van der Waals surface area contributed by atoms with Gasteiger partial charge in [0, 0.05) is 12.1 Å². The lowest BCUT2D eigenvalue weighted by atomic mass is 9.91. The van der Waals surface area contributed by atoms with Crippen LogP contribution in [0.15, 0.2) is 0 Å². The zero-order valence-electron chi connectivity index (χ0n) is 12.0.